The molecule has 21 heavy (non-hydrogen) atoms. The molecule has 106 valence electrons. The number of benzene rings is 2. The third-order valence-electron chi connectivity index (χ3n) is 3.54. The lowest BCUT2D eigenvalue weighted by molar-refractivity contribution is -0.117. The topological polar surface area (TPSA) is 41.1 Å². The van der Waals surface area contributed by atoms with Gasteiger partial charge in [0.15, 0.2) is 5.11 Å². The zero-order valence-corrected chi connectivity index (χ0v) is 12.4. The summed E-state index contributed by atoms with van der Waals surface area (Å²) >= 11 is 5.30. The second-order valence-corrected chi connectivity index (χ2v) is 5.58. The molecule has 1 aliphatic rings. The Bertz CT molecular complexity index is 682. The van der Waals surface area contributed by atoms with Crippen LogP contribution in [0.25, 0.3) is 0 Å². The Morgan fingerprint density at radius 1 is 1.05 bits per heavy atom. The van der Waals surface area contributed by atoms with Crippen LogP contribution in [0, 0.1) is 0 Å². The Morgan fingerprint density at radius 3 is 2.62 bits per heavy atom. The molecular formula is C17H16N2OS. The summed E-state index contributed by atoms with van der Waals surface area (Å²) in [6.45, 7) is 0.691. The fourth-order valence-electron chi connectivity index (χ4n) is 2.48. The van der Waals surface area contributed by atoms with Gasteiger partial charge in [0.05, 0.1) is 0 Å². The number of nitrogens with one attached hydrogen (secondary N) is 2. The fourth-order valence-corrected chi connectivity index (χ4v) is 2.67. The average Bonchev–Trinajstić information content (AvgIpc) is 2.85. The Labute approximate surface area is 129 Å². The predicted octanol–water partition coefficient (Wildman–Crippen LogP) is 2.84. The number of rotatable bonds is 3. The van der Waals surface area contributed by atoms with Crippen LogP contribution in [0.2, 0.25) is 0 Å². The summed E-state index contributed by atoms with van der Waals surface area (Å²) in [6, 6.07) is 16.1. The van der Waals surface area contributed by atoms with E-state index in [2.05, 4.69) is 22.8 Å². The van der Waals surface area contributed by atoms with Crippen LogP contribution in [0.15, 0.2) is 48.5 Å². The first kappa shape index (κ1) is 13.8. The first-order valence-electron chi connectivity index (χ1n) is 6.93. The molecule has 0 saturated heterocycles. The van der Waals surface area contributed by atoms with Gasteiger partial charge in [-0.05, 0) is 41.0 Å². The van der Waals surface area contributed by atoms with E-state index in [1.165, 1.54) is 5.56 Å². The zero-order chi connectivity index (χ0) is 14.7. The van der Waals surface area contributed by atoms with Crippen molar-refractivity contribution in [2.45, 2.75) is 19.4 Å². The van der Waals surface area contributed by atoms with Crippen LogP contribution in [0.4, 0.5) is 5.69 Å². The molecule has 0 atom stereocenters. The van der Waals surface area contributed by atoms with Gasteiger partial charge in [0, 0.05) is 25.1 Å². The molecule has 0 bridgehead atoms. The maximum absolute atomic E-state index is 11.4. The molecule has 0 amide bonds. The SMILES string of the molecule is O=C1Cc2ccc(NC(=S)NCc3ccccc3)cc2C1. The number of carbonyl (C=O) groups excluding carboxylic acids is 1. The van der Waals surface area contributed by atoms with Crippen molar-refractivity contribution in [2.75, 3.05) is 5.32 Å². The van der Waals surface area contributed by atoms with Crippen LogP contribution in [0.1, 0.15) is 16.7 Å². The van der Waals surface area contributed by atoms with Crippen LogP contribution >= 0.6 is 12.2 Å². The van der Waals surface area contributed by atoms with Crippen LogP contribution in [-0.4, -0.2) is 10.9 Å². The molecular weight excluding hydrogens is 280 g/mol. The van der Waals surface area contributed by atoms with Crippen molar-refractivity contribution in [3.63, 3.8) is 0 Å². The van der Waals surface area contributed by atoms with Gasteiger partial charge in [0.25, 0.3) is 0 Å². The lowest BCUT2D eigenvalue weighted by atomic mass is 10.1. The smallest absolute Gasteiger partial charge is 0.171 e. The number of anilines is 1. The Kier molecular flexibility index (Phi) is 3.97. The molecule has 0 heterocycles. The minimum atomic E-state index is 0.284. The summed E-state index contributed by atoms with van der Waals surface area (Å²) in [5, 5.41) is 6.93. The van der Waals surface area contributed by atoms with Gasteiger partial charge in [0.2, 0.25) is 0 Å². The van der Waals surface area contributed by atoms with Crippen LogP contribution in [-0.2, 0) is 24.2 Å². The van der Waals surface area contributed by atoms with Crippen molar-refractivity contribution < 1.29 is 4.79 Å². The summed E-state index contributed by atoms with van der Waals surface area (Å²) in [6.07, 6.45) is 1.10. The van der Waals surface area contributed by atoms with Crippen molar-refractivity contribution in [1.82, 2.24) is 5.32 Å². The van der Waals surface area contributed by atoms with E-state index in [4.69, 9.17) is 12.2 Å². The second-order valence-electron chi connectivity index (χ2n) is 5.17. The van der Waals surface area contributed by atoms with Crippen LogP contribution < -0.4 is 10.6 Å². The molecule has 3 nitrogen and oxygen atoms in total. The third kappa shape index (κ3) is 3.47. The molecule has 0 radical (unpaired) electrons. The number of carbonyl (C=O) groups is 1. The highest BCUT2D eigenvalue weighted by Crippen LogP contribution is 2.23. The largest absolute Gasteiger partial charge is 0.358 e. The highest BCUT2D eigenvalue weighted by molar-refractivity contribution is 7.80. The fraction of sp³-hybridized carbons (Fsp3) is 0.176. The molecule has 2 aromatic rings. The van der Waals surface area contributed by atoms with Gasteiger partial charge in [-0.3, -0.25) is 4.79 Å². The molecule has 4 heteroatoms. The summed E-state index contributed by atoms with van der Waals surface area (Å²) < 4.78 is 0. The molecule has 3 rings (SSSR count). The van der Waals surface area contributed by atoms with E-state index in [0.29, 0.717) is 24.5 Å². The number of ketones is 1. The highest BCUT2D eigenvalue weighted by atomic mass is 32.1. The van der Waals surface area contributed by atoms with Gasteiger partial charge in [-0.2, -0.15) is 0 Å². The van der Waals surface area contributed by atoms with Gasteiger partial charge in [-0.1, -0.05) is 36.4 Å². The van der Waals surface area contributed by atoms with Gasteiger partial charge in [-0.15, -0.1) is 0 Å². The van der Waals surface area contributed by atoms with E-state index in [1.54, 1.807) is 0 Å². The molecule has 0 fully saturated rings. The lowest BCUT2D eigenvalue weighted by Crippen LogP contribution is -2.27. The molecule has 0 aliphatic heterocycles. The molecule has 0 unspecified atom stereocenters. The van der Waals surface area contributed by atoms with E-state index in [0.717, 1.165) is 16.8 Å². The minimum absolute atomic E-state index is 0.284. The van der Waals surface area contributed by atoms with E-state index in [-0.39, 0.29) is 5.78 Å². The predicted molar refractivity (Wildman–Crippen MR) is 88.4 cm³/mol. The van der Waals surface area contributed by atoms with Gasteiger partial charge < -0.3 is 10.6 Å². The summed E-state index contributed by atoms with van der Waals surface area (Å²) in [5.74, 6) is 0.284. The van der Waals surface area contributed by atoms with Crippen molar-refractivity contribution in [3.05, 3.63) is 65.2 Å². The molecule has 2 N–H and O–H groups in total. The molecule has 0 saturated carbocycles. The third-order valence-corrected chi connectivity index (χ3v) is 3.78. The summed E-state index contributed by atoms with van der Waals surface area (Å²) in [7, 11) is 0. The Hall–Kier alpha value is -2.20. The van der Waals surface area contributed by atoms with Crippen LogP contribution in [0.3, 0.4) is 0 Å². The molecule has 0 aromatic heterocycles. The first-order valence-corrected chi connectivity index (χ1v) is 7.34. The molecule has 1 aliphatic carbocycles. The first-order chi connectivity index (χ1) is 10.2. The summed E-state index contributed by atoms with van der Waals surface area (Å²) in [4.78, 5) is 11.4. The van der Waals surface area contributed by atoms with Crippen molar-refractivity contribution in [1.29, 1.82) is 0 Å². The van der Waals surface area contributed by atoms with E-state index < -0.39 is 0 Å². The molecule has 0 spiro atoms. The van der Waals surface area contributed by atoms with E-state index in [1.807, 2.05) is 36.4 Å². The van der Waals surface area contributed by atoms with Gasteiger partial charge in [-0.25, -0.2) is 0 Å². The average molecular weight is 296 g/mol. The minimum Gasteiger partial charge on any atom is -0.358 e. The van der Waals surface area contributed by atoms with Crippen molar-refractivity contribution in [2.24, 2.45) is 0 Å². The standard InChI is InChI=1S/C17H16N2OS/c20-16-9-13-6-7-15(8-14(13)10-16)19-17(21)18-11-12-4-2-1-3-5-12/h1-8H,9-11H2,(H2,18,19,21). The zero-order valence-electron chi connectivity index (χ0n) is 11.6. The number of hydrogen-bond acceptors (Lipinski definition) is 2. The van der Waals surface area contributed by atoms with E-state index in [9.17, 15) is 4.79 Å². The number of hydrogen-bond donors (Lipinski definition) is 2. The van der Waals surface area contributed by atoms with Gasteiger partial charge in [0.1, 0.15) is 5.78 Å². The van der Waals surface area contributed by atoms with E-state index >= 15 is 0 Å². The second kappa shape index (κ2) is 6.06. The summed E-state index contributed by atoms with van der Waals surface area (Å²) in [5.41, 5.74) is 4.35. The quantitative estimate of drug-likeness (QED) is 0.855. The number of fused-ring (bicyclic) bond motifs is 1. The van der Waals surface area contributed by atoms with Crippen LogP contribution in [0.5, 0.6) is 0 Å². The number of Topliss-reactive ketones (excluding diaryl/α,β-unsaturated/α-hetero) is 1. The highest BCUT2D eigenvalue weighted by Gasteiger charge is 2.18. The normalized spacial score (nSPS) is 12.9. The van der Waals surface area contributed by atoms with Crippen molar-refractivity contribution in [3.8, 4) is 0 Å². The Morgan fingerprint density at radius 2 is 1.81 bits per heavy atom. The van der Waals surface area contributed by atoms with Gasteiger partial charge >= 0.3 is 0 Å². The lowest BCUT2D eigenvalue weighted by Gasteiger charge is -2.11. The maximum Gasteiger partial charge on any atom is 0.171 e. The maximum atomic E-state index is 11.4. The van der Waals surface area contributed by atoms with Crippen molar-refractivity contribution >= 4 is 28.8 Å². The monoisotopic (exact) mass is 296 g/mol. The number of thiocarbonyl (C=S) groups is 1. The Balaban J connectivity index is 1.58. The molecule has 2 aromatic carbocycles.